The second kappa shape index (κ2) is 11.3. The standard InChI is InChI=1S/C23H34ClN3O5/c1-18-14-19(4-5-20(18)24)31-17-23(15-22(29)26-9-7-25(2)8-10-26)16-27(11-13-32-23)21(28)6-12-30-3/h4-5,14H,6-13,15-17H2,1-3H3/t23-/m1/s1. The number of ether oxygens (including phenoxy) is 3. The topological polar surface area (TPSA) is 71.5 Å². The molecule has 0 spiro atoms. The molecule has 0 unspecified atom stereocenters. The molecule has 2 heterocycles. The number of piperazine rings is 1. The second-order valence-corrected chi connectivity index (χ2v) is 9.06. The molecule has 2 fully saturated rings. The van der Waals surface area contributed by atoms with E-state index in [0.29, 0.717) is 56.6 Å². The molecule has 0 saturated carbocycles. The first-order valence-corrected chi connectivity index (χ1v) is 11.5. The first-order valence-electron chi connectivity index (χ1n) is 11.1. The van der Waals surface area contributed by atoms with Gasteiger partial charge in [-0.3, -0.25) is 9.59 Å². The molecule has 1 aromatic carbocycles. The summed E-state index contributed by atoms with van der Waals surface area (Å²) in [5.74, 6) is 0.679. The van der Waals surface area contributed by atoms with Crippen molar-refractivity contribution in [1.29, 1.82) is 0 Å². The Bertz CT molecular complexity index is 800. The van der Waals surface area contributed by atoms with Crippen LogP contribution in [-0.2, 0) is 19.1 Å². The Hall–Kier alpha value is -1.87. The van der Waals surface area contributed by atoms with Gasteiger partial charge in [0.05, 0.1) is 32.6 Å². The zero-order chi connectivity index (χ0) is 23.1. The summed E-state index contributed by atoms with van der Waals surface area (Å²) < 4.78 is 17.3. The Balaban J connectivity index is 1.73. The summed E-state index contributed by atoms with van der Waals surface area (Å²) in [6.07, 6.45) is 0.466. The summed E-state index contributed by atoms with van der Waals surface area (Å²) in [5, 5.41) is 0.668. The van der Waals surface area contributed by atoms with Crippen LogP contribution in [0.4, 0.5) is 0 Å². The molecule has 2 saturated heterocycles. The van der Waals surface area contributed by atoms with Gasteiger partial charge in [0.15, 0.2) is 0 Å². The summed E-state index contributed by atoms with van der Waals surface area (Å²) in [6, 6.07) is 5.45. The monoisotopic (exact) mass is 467 g/mol. The second-order valence-electron chi connectivity index (χ2n) is 8.65. The highest BCUT2D eigenvalue weighted by Gasteiger charge is 2.42. The zero-order valence-electron chi connectivity index (χ0n) is 19.3. The molecule has 9 heteroatoms. The molecular weight excluding hydrogens is 434 g/mol. The van der Waals surface area contributed by atoms with Gasteiger partial charge in [-0.2, -0.15) is 0 Å². The minimum absolute atomic E-state index is 0.00564. The van der Waals surface area contributed by atoms with Crippen molar-refractivity contribution in [2.45, 2.75) is 25.4 Å². The smallest absolute Gasteiger partial charge is 0.225 e. The molecule has 3 rings (SSSR count). The highest BCUT2D eigenvalue weighted by atomic mass is 35.5. The van der Waals surface area contributed by atoms with E-state index >= 15 is 0 Å². The fourth-order valence-corrected chi connectivity index (χ4v) is 4.13. The maximum atomic E-state index is 13.2. The number of rotatable bonds is 8. The van der Waals surface area contributed by atoms with Crippen molar-refractivity contribution in [2.24, 2.45) is 0 Å². The number of amides is 2. The van der Waals surface area contributed by atoms with Crippen LogP contribution in [0.25, 0.3) is 0 Å². The minimum atomic E-state index is -0.908. The SMILES string of the molecule is COCCC(=O)N1CCO[C@](COc2ccc(Cl)c(C)c2)(CC(=O)N2CCN(C)CC2)C1. The van der Waals surface area contributed by atoms with Crippen LogP contribution in [-0.4, -0.2) is 105 Å². The highest BCUT2D eigenvalue weighted by molar-refractivity contribution is 6.31. The van der Waals surface area contributed by atoms with E-state index in [2.05, 4.69) is 11.9 Å². The van der Waals surface area contributed by atoms with E-state index in [1.807, 2.05) is 17.9 Å². The van der Waals surface area contributed by atoms with Crippen LogP contribution in [0.15, 0.2) is 18.2 Å². The van der Waals surface area contributed by atoms with Gasteiger partial charge in [0, 0.05) is 44.9 Å². The number of carbonyl (C=O) groups excluding carboxylic acids is 2. The number of nitrogens with zero attached hydrogens (tertiary/aromatic N) is 3. The lowest BCUT2D eigenvalue weighted by Crippen LogP contribution is -2.59. The van der Waals surface area contributed by atoms with Gasteiger partial charge < -0.3 is 28.9 Å². The van der Waals surface area contributed by atoms with Gasteiger partial charge in [-0.1, -0.05) is 11.6 Å². The Morgan fingerprint density at radius 2 is 1.88 bits per heavy atom. The first kappa shape index (κ1) is 24.8. The molecule has 0 aliphatic carbocycles. The Labute approximate surface area is 195 Å². The number of aryl methyl sites for hydroxylation is 1. The summed E-state index contributed by atoms with van der Waals surface area (Å²) in [6.45, 7) is 6.69. The van der Waals surface area contributed by atoms with Crippen LogP contribution in [0.1, 0.15) is 18.4 Å². The van der Waals surface area contributed by atoms with E-state index in [0.717, 1.165) is 18.7 Å². The third kappa shape index (κ3) is 6.57. The molecule has 2 aliphatic heterocycles. The van der Waals surface area contributed by atoms with Gasteiger partial charge >= 0.3 is 0 Å². The largest absolute Gasteiger partial charge is 0.490 e. The summed E-state index contributed by atoms with van der Waals surface area (Å²) in [4.78, 5) is 31.7. The quantitative estimate of drug-likeness (QED) is 0.581. The highest BCUT2D eigenvalue weighted by Crippen LogP contribution is 2.27. The van der Waals surface area contributed by atoms with E-state index < -0.39 is 5.60 Å². The Kier molecular flexibility index (Phi) is 8.76. The van der Waals surface area contributed by atoms with Crippen LogP contribution in [0.2, 0.25) is 5.02 Å². The van der Waals surface area contributed by atoms with E-state index in [1.165, 1.54) is 0 Å². The molecule has 178 valence electrons. The minimum Gasteiger partial charge on any atom is -0.490 e. The van der Waals surface area contributed by atoms with Crippen molar-refractivity contribution >= 4 is 23.4 Å². The molecule has 0 N–H and O–H groups in total. The fraction of sp³-hybridized carbons (Fsp3) is 0.652. The molecule has 8 nitrogen and oxygen atoms in total. The number of hydrogen-bond acceptors (Lipinski definition) is 6. The first-order chi connectivity index (χ1) is 15.3. The number of methoxy groups -OCH3 is 1. The lowest BCUT2D eigenvalue weighted by atomic mass is 9.96. The zero-order valence-corrected chi connectivity index (χ0v) is 20.0. The predicted molar refractivity (Wildman–Crippen MR) is 122 cm³/mol. The van der Waals surface area contributed by atoms with Crippen molar-refractivity contribution in [1.82, 2.24) is 14.7 Å². The van der Waals surface area contributed by atoms with E-state index in [1.54, 1.807) is 24.1 Å². The summed E-state index contributed by atoms with van der Waals surface area (Å²) in [5.41, 5.74) is 0.00209. The van der Waals surface area contributed by atoms with Crippen molar-refractivity contribution < 1.29 is 23.8 Å². The summed E-state index contributed by atoms with van der Waals surface area (Å²) >= 11 is 6.13. The van der Waals surface area contributed by atoms with Crippen LogP contribution in [0.3, 0.4) is 0 Å². The van der Waals surface area contributed by atoms with Crippen molar-refractivity contribution in [2.75, 3.05) is 73.2 Å². The Morgan fingerprint density at radius 3 is 2.56 bits per heavy atom. The number of benzene rings is 1. The number of halogens is 1. The van der Waals surface area contributed by atoms with Gasteiger partial charge in [-0.25, -0.2) is 0 Å². The molecular formula is C23H34ClN3O5. The third-order valence-corrected chi connectivity index (χ3v) is 6.51. The molecule has 1 atom stereocenters. The molecule has 0 radical (unpaired) electrons. The average Bonchev–Trinajstić information content (AvgIpc) is 2.79. The van der Waals surface area contributed by atoms with Gasteiger partial charge in [0.2, 0.25) is 11.8 Å². The fourth-order valence-electron chi connectivity index (χ4n) is 4.02. The lowest BCUT2D eigenvalue weighted by molar-refractivity contribution is -0.166. The molecule has 2 amide bonds. The van der Waals surface area contributed by atoms with E-state index in [-0.39, 0.29) is 24.8 Å². The van der Waals surface area contributed by atoms with Gasteiger partial charge in [-0.05, 0) is 37.7 Å². The van der Waals surface area contributed by atoms with Crippen LogP contribution in [0, 0.1) is 6.92 Å². The predicted octanol–water partition coefficient (Wildman–Crippen LogP) is 1.83. The van der Waals surface area contributed by atoms with Crippen LogP contribution in [0.5, 0.6) is 5.75 Å². The van der Waals surface area contributed by atoms with E-state index in [9.17, 15) is 9.59 Å². The number of hydrogen-bond donors (Lipinski definition) is 0. The molecule has 0 aromatic heterocycles. The normalized spacial score (nSPS) is 22.1. The molecule has 1 aromatic rings. The number of likely N-dealkylation sites (N-methyl/N-ethyl adjacent to an activating group) is 1. The van der Waals surface area contributed by atoms with Crippen LogP contribution >= 0.6 is 11.6 Å². The van der Waals surface area contributed by atoms with Gasteiger partial charge in [-0.15, -0.1) is 0 Å². The third-order valence-electron chi connectivity index (χ3n) is 6.08. The van der Waals surface area contributed by atoms with Crippen molar-refractivity contribution in [3.63, 3.8) is 0 Å². The molecule has 0 bridgehead atoms. The Morgan fingerprint density at radius 1 is 1.12 bits per heavy atom. The van der Waals surface area contributed by atoms with E-state index in [4.69, 9.17) is 25.8 Å². The maximum absolute atomic E-state index is 13.2. The van der Waals surface area contributed by atoms with Gasteiger partial charge in [0.1, 0.15) is 18.0 Å². The summed E-state index contributed by atoms with van der Waals surface area (Å²) in [7, 11) is 3.63. The van der Waals surface area contributed by atoms with Crippen molar-refractivity contribution in [3.8, 4) is 5.75 Å². The number of carbonyl (C=O) groups is 2. The van der Waals surface area contributed by atoms with Gasteiger partial charge in [0.25, 0.3) is 0 Å². The molecule has 32 heavy (non-hydrogen) atoms. The van der Waals surface area contributed by atoms with Crippen molar-refractivity contribution in [3.05, 3.63) is 28.8 Å². The molecule has 2 aliphatic rings. The van der Waals surface area contributed by atoms with Crippen LogP contribution < -0.4 is 4.74 Å². The maximum Gasteiger partial charge on any atom is 0.225 e. The lowest BCUT2D eigenvalue weighted by Gasteiger charge is -2.43. The average molecular weight is 468 g/mol. The number of morpholine rings is 1.